The molecule has 2 saturated heterocycles. The van der Waals surface area contributed by atoms with Crippen molar-refractivity contribution in [2.45, 2.75) is 18.9 Å². The molecule has 0 unspecified atom stereocenters. The minimum absolute atomic E-state index is 0.209. The molecular weight excluding hydrogens is 356 g/mol. The molecule has 2 amide bonds. The van der Waals surface area contributed by atoms with Gasteiger partial charge in [0.05, 0.1) is 24.5 Å². The highest BCUT2D eigenvalue weighted by Gasteiger charge is 2.56. The molecule has 0 aromatic heterocycles. The summed E-state index contributed by atoms with van der Waals surface area (Å²) in [4.78, 5) is 26.2. The lowest BCUT2D eigenvalue weighted by atomic mass is 9.55. The van der Waals surface area contributed by atoms with Crippen LogP contribution in [0.4, 0.5) is 4.39 Å². The molecule has 3 aliphatic rings. The molecular formula is C18H19BFNO6. The van der Waals surface area contributed by atoms with Gasteiger partial charge >= 0.3 is 7.12 Å². The number of hydrogen-bond donors (Lipinski definition) is 3. The van der Waals surface area contributed by atoms with Crippen LogP contribution in [0.25, 0.3) is 0 Å². The third-order valence-corrected chi connectivity index (χ3v) is 5.97. The quantitative estimate of drug-likeness (QED) is 0.515. The summed E-state index contributed by atoms with van der Waals surface area (Å²) < 4.78 is 19.4. The highest BCUT2D eigenvalue weighted by atomic mass is 19.1. The molecule has 4 atom stereocenters. The van der Waals surface area contributed by atoms with Crippen molar-refractivity contribution in [1.29, 1.82) is 0 Å². The Morgan fingerprint density at radius 3 is 2.70 bits per heavy atom. The first-order valence-corrected chi connectivity index (χ1v) is 8.79. The second-order valence-corrected chi connectivity index (χ2v) is 7.32. The van der Waals surface area contributed by atoms with Gasteiger partial charge < -0.3 is 19.9 Å². The lowest BCUT2D eigenvalue weighted by molar-refractivity contribution is -0.138. The van der Waals surface area contributed by atoms with Crippen LogP contribution in [0.1, 0.15) is 24.5 Å². The van der Waals surface area contributed by atoms with E-state index in [9.17, 15) is 29.2 Å². The topological polar surface area (TPSA) is 107 Å². The largest absolute Gasteiger partial charge is 0.505 e. The summed E-state index contributed by atoms with van der Waals surface area (Å²) in [5.41, 5.74) is 1.38. The number of hydrogen-bond acceptors (Lipinski definition) is 6. The third-order valence-electron chi connectivity index (χ3n) is 5.97. The molecule has 142 valence electrons. The van der Waals surface area contributed by atoms with Crippen LogP contribution in [0.3, 0.4) is 0 Å². The van der Waals surface area contributed by atoms with Crippen molar-refractivity contribution in [1.82, 2.24) is 4.90 Å². The second-order valence-electron chi connectivity index (χ2n) is 7.32. The summed E-state index contributed by atoms with van der Waals surface area (Å²) >= 11 is 0. The van der Waals surface area contributed by atoms with Crippen molar-refractivity contribution < 1.29 is 33.9 Å². The number of carbonyl (C=O) groups is 2. The van der Waals surface area contributed by atoms with Gasteiger partial charge in [0.2, 0.25) is 11.8 Å². The van der Waals surface area contributed by atoms with Gasteiger partial charge in [-0.05, 0) is 47.5 Å². The van der Waals surface area contributed by atoms with E-state index >= 15 is 0 Å². The number of aromatic hydroxyl groups is 1. The van der Waals surface area contributed by atoms with E-state index in [2.05, 4.69) is 0 Å². The van der Waals surface area contributed by atoms with Crippen LogP contribution in [0, 0.1) is 23.6 Å². The summed E-state index contributed by atoms with van der Waals surface area (Å²) in [6.45, 7) is -0.334. The first kappa shape index (κ1) is 18.2. The summed E-state index contributed by atoms with van der Waals surface area (Å²) in [6, 6.07) is 3.82. The Morgan fingerprint density at radius 1 is 1.30 bits per heavy atom. The molecule has 27 heavy (non-hydrogen) atoms. The number of halogens is 1. The Bertz CT molecular complexity index is 858. The Morgan fingerprint density at radius 2 is 2.04 bits per heavy atom. The SMILES string of the molecule is CN1C(=O)[C@H]2[C@H](CC(CO)=C3B(O)O[C@H](c4ccc(O)c(F)c4)C[C@H]32)C1=O. The van der Waals surface area contributed by atoms with Crippen LogP contribution in [0.5, 0.6) is 5.75 Å². The van der Waals surface area contributed by atoms with Crippen LogP contribution < -0.4 is 0 Å². The standard InChI is InChI=1S/C18H19BFNO6/c1-21-17(24)11-4-9(7-22)16-10(15(11)18(21)25)6-14(27-19(16)26)8-2-3-13(23)12(20)5-8/h2-3,5,10-11,14-15,22-23,26H,4,6-7H2,1H3/t10-,11-,14-,15+/m0/s1. The van der Waals surface area contributed by atoms with Gasteiger partial charge in [0.25, 0.3) is 0 Å². The van der Waals surface area contributed by atoms with Gasteiger partial charge in [-0.1, -0.05) is 6.07 Å². The molecule has 0 saturated carbocycles. The number of likely N-dealkylation sites (tertiary alicyclic amines) is 1. The molecule has 9 heteroatoms. The van der Waals surface area contributed by atoms with E-state index in [4.69, 9.17) is 4.65 Å². The molecule has 2 fully saturated rings. The number of aliphatic hydroxyl groups is 1. The maximum absolute atomic E-state index is 13.7. The number of aliphatic hydroxyl groups excluding tert-OH is 1. The molecule has 1 aromatic carbocycles. The molecule has 3 N–H and O–H groups in total. The Hall–Kier alpha value is -2.23. The molecule has 4 rings (SSSR count). The minimum atomic E-state index is -1.36. The van der Waals surface area contributed by atoms with E-state index in [1.165, 1.54) is 19.2 Å². The van der Waals surface area contributed by atoms with E-state index in [1.54, 1.807) is 0 Å². The second kappa shape index (κ2) is 6.44. The fourth-order valence-corrected chi connectivity index (χ4v) is 4.65. The Labute approximate surface area is 155 Å². The van der Waals surface area contributed by atoms with Crippen molar-refractivity contribution in [3.63, 3.8) is 0 Å². The number of fused-ring (bicyclic) bond motifs is 3. The van der Waals surface area contributed by atoms with Crippen molar-refractivity contribution in [3.8, 4) is 5.75 Å². The van der Waals surface area contributed by atoms with Gasteiger partial charge in [-0.15, -0.1) is 0 Å². The number of nitrogens with zero attached hydrogens (tertiary/aromatic N) is 1. The number of carbonyl (C=O) groups excluding carboxylic acids is 2. The van der Waals surface area contributed by atoms with Gasteiger partial charge in [0, 0.05) is 7.05 Å². The summed E-state index contributed by atoms with van der Waals surface area (Å²) in [7, 11) is 0.0756. The molecule has 0 bridgehead atoms. The van der Waals surface area contributed by atoms with Crippen LogP contribution in [-0.4, -0.2) is 52.7 Å². The third kappa shape index (κ3) is 2.69. The van der Waals surface area contributed by atoms with E-state index < -0.39 is 42.5 Å². The van der Waals surface area contributed by atoms with Gasteiger partial charge in [-0.25, -0.2) is 4.39 Å². The molecule has 0 spiro atoms. The fraction of sp³-hybridized carbons (Fsp3) is 0.444. The van der Waals surface area contributed by atoms with Crippen LogP contribution in [0.2, 0.25) is 0 Å². The highest BCUT2D eigenvalue weighted by Crippen LogP contribution is 2.51. The Balaban J connectivity index is 1.74. The van der Waals surface area contributed by atoms with Crippen LogP contribution in [0.15, 0.2) is 29.2 Å². The fourth-order valence-electron chi connectivity index (χ4n) is 4.65. The number of rotatable bonds is 2. The monoisotopic (exact) mass is 375 g/mol. The van der Waals surface area contributed by atoms with Crippen molar-refractivity contribution in [3.05, 3.63) is 40.6 Å². The average molecular weight is 375 g/mol. The number of imide groups is 1. The normalized spacial score (nSPS) is 30.7. The molecule has 1 aliphatic carbocycles. The zero-order valence-electron chi connectivity index (χ0n) is 14.6. The number of benzene rings is 1. The minimum Gasteiger partial charge on any atom is -0.505 e. The summed E-state index contributed by atoms with van der Waals surface area (Å²) in [5, 5.41) is 29.7. The van der Waals surface area contributed by atoms with Crippen molar-refractivity contribution in [2.24, 2.45) is 17.8 Å². The van der Waals surface area contributed by atoms with Crippen LogP contribution in [-0.2, 0) is 14.2 Å². The summed E-state index contributed by atoms with van der Waals surface area (Å²) in [5.74, 6) is -3.59. The first-order chi connectivity index (χ1) is 12.8. The Kier molecular flexibility index (Phi) is 4.33. The van der Waals surface area contributed by atoms with E-state index in [0.717, 1.165) is 11.0 Å². The maximum atomic E-state index is 13.7. The average Bonchev–Trinajstić information content (AvgIpc) is 2.87. The zero-order chi connectivity index (χ0) is 19.5. The number of amides is 2. The summed E-state index contributed by atoms with van der Waals surface area (Å²) in [6.07, 6.45) is -0.244. The molecule has 0 radical (unpaired) electrons. The highest BCUT2D eigenvalue weighted by molar-refractivity contribution is 6.53. The number of phenolic OH excluding ortho intramolecular Hbond substituents is 1. The van der Waals surface area contributed by atoms with Crippen molar-refractivity contribution >= 4 is 18.9 Å². The van der Waals surface area contributed by atoms with Crippen LogP contribution >= 0.6 is 0 Å². The smallest absolute Gasteiger partial charge is 0.487 e. The first-order valence-electron chi connectivity index (χ1n) is 8.79. The van der Waals surface area contributed by atoms with Gasteiger partial charge in [0.15, 0.2) is 11.6 Å². The molecule has 2 heterocycles. The predicted molar refractivity (Wildman–Crippen MR) is 91.5 cm³/mol. The van der Waals surface area contributed by atoms with Gasteiger partial charge in [-0.2, -0.15) is 0 Å². The van der Waals surface area contributed by atoms with E-state index in [0.29, 0.717) is 16.6 Å². The lowest BCUT2D eigenvalue weighted by Crippen LogP contribution is -2.45. The van der Waals surface area contributed by atoms with Crippen molar-refractivity contribution in [2.75, 3.05) is 13.7 Å². The zero-order valence-corrected chi connectivity index (χ0v) is 14.6. The molecule has 7 nitrogen and oxygen atoms in total. The molecule has 1 aromatic rings. The van der Waals surface area contributed by atoms with E-state index in [1.807, 2.05) is 0 Å². The maximum Gasteiger partial charge on any atom is 0.487 e. The van der Waals surface area contributed by atoms with Gasteiger partial charge in [0.1, 0.15) is 0 Å². The predicted octanol–water partition coefficient (Wildman–Crippen LogP) is 0.552. The number of phenols is 1. The molecule has 2 aliphatic heterocycles. The van der Waals surface area contributed by atoms with Gasteiger partial charge in [-0.3, -0.25) is 14.5 Å². The number of allylic oxidation sites excluding steroid dienone is 1. The lowest BCUT2D eigenvalue weighted by Gasteiger charge is -2.41. The van der Waals surface area contributed by atoms with E-state index in [-0.39, 0.29) is 31.3 Å².